The lowest BCUT2D eigenvalue weighted by Crippen LogP contribution is -2.44. The highest BCUT2D eigenvalue weighted by atomic mass is 16.1. The summed E-state index contributed by atoms with van der Waals surface area (Å²) in [7, 11) is 3.93. The van der Waals surface area contributed by atoms with Gasteiger partial charge in [0.2, 0.25) is 5.95 Å². The third-order valence-corrected chi connectivity index (χ3v) is 6.33. The van der Waals surface area contributed by atoms with Gasteiger partial charge in [-0.15, -0.1) is 0 Å². The minimum absolute atomic E-state index is 0.623. The molecule has 0 amide bonds. The topological polar surface area (TPSA) is 103 Å². The van der Waals surface area contributed by atoms with Crippen LogP contribution in [0.25, 0.3) is 32.9 Å². The predicted octanol–water partition coefficient (Wildman–Crippen LogP) is 3.86. The third kappa shape index (κ3) is 5.01. The van der Waals surface area contributed by atoms with Crippen LogP contribution in [0.2, 0.25) is 0 Å². The number of nitrogens with one attached hydrogen (secondary N) is 2. The number of aromatic amines is 1. The smallest absolute Gasteiger partial charge is 0.222 e. The van der Waals surface area contributed by atoms with Crippen molar-refractivity contribution in [1.29, 1.82) is 0 Å². The molecule has 2 N–H and O–H groups in total. The fraction of sp³-hybridized carbons (Fsp3) is 0.222. The largest absolute Gasteiger partial charge is 0.360 e. The van der Waals surface area contributed by atoms with Crippen molar-refractivity contribution < 1.29 is 4.79 Å². The molecule has 0 saturated carbocycles. The van der Waals surface area contributed by atoms with Gasteiger partial charge in [0.05, 0.1) is 17.2 Å². The maximum absolute atomic E-state index is 10.6. The molecule has 5 aromatic rings. The molecule has 6 rings (SSSR count). The first-order valence-corrected chi connectivity index (χ1v) is 11.9. The molecule has 182 valence electrons. The number of hydrogen-bond acceptors (Lipinski definition) is 8. The van der Waals surface area contributed by atoms with Crippen LogP contribution in [0.1, 0.15) is 10.4 Å². The maximum atomic E-state index is 10.6. The highest BCUT2D eigenvalue weighted by Gasteiger charge is 2.15. The predicted molar refractivity (Wildman–Crippen MR) is 144 cm³/mol. The van der Waals surface area contributed by atoms with Crippen LogP contribution < -0.4 is 10.2 Å². The molecule has 1 saturated heterocycles. The summed E-state index contributed by atoms with van der Waals surface area (Å²) >= 11 is 0. The molecule has 1 fully saturated rings. The Morgan fingerprint density at radius 3 is 2.67 bits per heavy atom. The molecule has 1 aliphatic rings. The van der Waals surface area contributed by atoms with Gasteiger partial charge in [0.1, 0.15) is 12.1 Å². The van der Waals surface area contributed by atoms with Gasteiger partial charge in [-0.05, 0) is 36.9 Å². The van der Waals surface area contributed by atoms with E-state index < -0.39 is 0 Å². The average molecular weight is 481 g/mol. The van der Waals surface area contributed by atoms with Crippen LogP contribution in [0.4, 0.5) is 11.8 Å². The Balaban J connectivity index is 0.000000157. The Bertz CT molecular complexity index is 1490. The van der Waals surface area contributed by atoms with Gasteiger partial charge >= 0.3 is 0 Å². The molecule has 0 radical (unpaired) electrons. The second kappa shape index (κ2) is 10.5. The molecule has 1 aliphatic heterocycles. The fourth-order valence-electron chi connectivity index (χ4n) is 4.24. The van der Waals surface area contributed by atoms with E-state index in [9.17, 15) is 4.79 Å². The second-order valence-corrected chi connectivity index (χ2v) is 8.70. The second-order valence-electron chi connectivity index (χ2n) is 8.70. The summed E-state index contributed by atoms with van der Waals surface area (Å²) in [5.41, 5.74) is 4.84. The maximum Gasteiger partial charge on any atom is 0.222 e. The van der Waals surface area contributed by atoms with E-state index in [0.29, 0.717) is 11.5 Å². The number of nitrogens with zero attached hydrogens (tertiary/aromatic N) is 6. The molecule has 0 spiro atoms. The van der Waals surface area contributed by atoms with E-state index in [2.05, 4.69) is 65.3 Å². The summed E-state index contributed by atoms with van der Waals surface area (Å²) < 4.78 is 0. The quantitative estimate of drug-likeness (QED) is 0.374. The van der Waals surface area contributed by atoms with Crippen LogP contribution in [-0.4, -0.2) is 76.4 Å². The van der Waals surface area contributed by atoms with Gasteiger partial charge < -0.3 is 20.1 Å². The number of aldehydes is 1. The number of rotatable bonds is 4. The van der Waals surface area contributed by atoms with Crippen LogP contribution in [0.3, 0.4) is 0 Å². The zero-order valence-electron chi connectivity index (χ0n) is 20.3. The van der Waals surface area contributed by atoms with Crippen LogP contribution >= 0.6 is 0 Å². The number of aromatic nitrogens is 5. The highest BCUT2D eigenvalue weighted by Crippen LogP contribution is 2.29. The van der Waals surface area contributed by atoms with E-state index in [1.807, 2.05) is 44.0 Å². The number of carbonyl (C=O) groups is 1. The first kappa shape index (κ1) is 23.4. The van der Waals surface area contributed by atoms with E-state index >= 15 is 0 Å². The number of fused-ring (bicyclic) bond motifs is 2. The highest BCUT2D eigenvalue weighted by molar-refractivity contribution is 5.96. The number of piperazine rings is 1. The molecular formula is C27H28N8O. The van der Waals surface area contributed by atoms with Crippen molar-refractivity contribution >= 4 is 39.9 Å². The molecule has 9 nitrogen and oxygen atoms in total. The van der Waals surface area contributed by atoms with E-state index in [0.717, 1.165) is 71.2 Å². The van der Waals surface area contributed by atoms with Crippen molar-refractivity contribution in [2.75, 3.05) is 50.5 Å². The minimum atomic E-state index is 0.623. The van der Waals surface area contributed by atoms with Crippen molar-refractivity contribution in [1.82, 2.24) is 29.8 Å². The van der Waals surface area contributed by atoms with E-state index in [4.69, 9.17) is 0 Å². The molecular weight excluding hydrogens is 452 g/mol. The molecule has 36 heavy (non-hydrogen) atoms. The number of hydrogen-bond donors (Lipinski definition) is 2. The summed E-state index contributed by atoms with van der Waals surface area (Å²) in [6, 6.07) is 11.8. The standard InChI is InChI=1S/C16H13N5.C11H15N3O/c1-17-16-20-7-11-3-2-10(6-14(11)21-16)13-8-18-9-15-12(13)4-5-19-15;1-13-4-6-14(7-5-13)11-8-10(9-15)2-3-12-11/h2-9,19H,1H3,(H,17,20,21);2-3,8-9H,4-7H2,1H3. The molecule has 5 heterocycles. The van der Waals surface area contributed by atoms with E-state index in [1.54, 1.807) is 12.3 Å². The van der Waals surface area contributed by atoms with Crippen molar-refractivity contribution in [3.8, 4) is 11.1 Å². The number of benzene rings is 1. The molecule has 4 aromatic heterocycles. The van der Waals surface area contributed by atoms with Gasteiger partial charge in [0.25, 0.3) is 0 Å². The first-order valence-electron chi connectivity index (χ1n) is 11.9. The SMILES string of the molecule is CN1CCN(c2cc(C=O)ccn2)CC1.CNc1ncc2ccc(-c3cncc4[nH]ccc34)cc2n1. The van der Waals surface area contributed by atoms with E-state index in [-0.39, 0.29) is 0 Å². The summed E-state index contributed by atoms with van der Waals surface area (Å²) in [5, 5.41) is 5.14. The Kier molecular flexibility index (Phi) is 6.81. The lowest BCUT2D eigenvalue weighted by Gasteiger charge is -2.33. The Labute approximate surface area is 209 Å². The molecule has 1 aromatic carbocycles. The van der Waals surface area contributed by atoms with Crippen molar-refractivity contribution in [3.05, 3.63) is 72.9 Å². The number of anilines is 2. The van der Waals surface area contributed by atoms with Crippen LogP contribution in [0.5, 0.6) is 0 Å². The summed E-state index contributed by atoms with van der Waals surface area (Å²) in [6.45, 7) is 4.05. The monoisotopic (exact) mass is 480 g/mol. The molecule has 0 atom stereocenters. The Hall–Kier alpha value is -4.37. The van der Waals surface area contributed by atoms with Crippen LogP contribution in [0, 0.1) is 0 Å². The summed E-state index contributed by atoms with van der Waals surface area (Å²) in [6.07, 6.45) is 10.0. The summed E-state index contributed by atoms with van der Waals surface area (Å²) in [5.74, 6) is 1.53. The number of carbonyl (C=O) groups excluding carboxylic acids is 1. The fourth-order valence-corrected chi connectivity index (χ4v) is 4.24. The zero-order valence-corrected chi connectivity index (χ0v) is 20.3. The Morgan fingerprint density at radius 1 is 1.00 bits per heavy atom. The normalized spacial score (nSPS) is 13.9. The van der Waals surface area contributed by atoms with Gasteiger partial charge in [0, 0.05) is 79.9 Å². The Morgan fingerprint density at radius 2 is 1.86 bits per heavy atom. The molecule has 0 aliphatic carbocycles. The van der Waals surface area contributed by atoms with Gasteiger partial charge in [-0.2, -0.15) is 0 Å². The molecule has 0 bridgehead atoms. The third-order valence-electron chi connectivity index (χ3n) is 6.33. The van der Waals surface area contributed by atoms with Crippen molar-refractivity contribution in [2.24, 2.45) is 0 Å². The lowest BCUT2D eigenvalue weighted by molar-refractivity contribution is 0.112. The van der Waals surface area contributed by atoms with Gasteiger partial charge in [-0.1, -0.05) is 12.1 Å². The zero-order chi connectivity index (χ0) is 24.9. The van der Waals surface area contributed by atoms with Gasteiger partial charge in [0.15, 0.2) is 0 Å². The average Bonchev–Trinajstić information content (AvgIpc) is 3.42. The van der Waals surface area contributed by atoms with Gasteiger partial charge in [-0.25, -0.2) is 15.0 Å². The minimum Gasteiger partial charge on any atom is -0.360 e. The number of H-pyrrole nitrogens is 1. The first-order chi connectivity index (χ1) is 17.6. The van der Waals surface area contributed by atoms with Crippen LogP contribution in [-0.2, 0) is 0 Å². The van der Waals surface area contributed by atoms with Crippen molar-refractivity contribution in [3.63, 3.8) is 0 Å². The van der Waals surface area contributed by atoms with Gasteiger partial charge in [-0.3, -0.25) is 9.78 Å². The lowest BCUT2D eigenvalue weighted by atomic mass is 10.0. The van der Waals surface area contributed by atoms with E-state index in [1.165, 1.54) is 0 Å². The molecule has 9 heteroatoms. The summed E-state index contributed by atoms with van der Waals surface area (Å²) in [4.78, 5) is 35.6. The van der Waals surface area contributed by atoms with Crippen LogP contribution in [0.15, 0.2) is 67.4 Å². The molecule has 0 unspecified atom stereocenters. The van der Waals surface area contributed by atoms with Crippen molar-refractivity contribution in [2.45, 2.75) is 0 Å². The number of pyridine rings is 2. The number of likely N-dealkylation sites (N-methyl/N-ethyl adjacent to an activating group) is 1.